The first-order valence-electron chi connectivity index (χ1n) is 7.79. The van der Waals surface area contributed by atoms with Crippen LogP contribution in [0.3, 0.4) is 0 Å². The largest absolute Gasteiger partial charge is 0.487 e. The van der Waals surface area contributed by atoms with Crippen molar-refractivity contribution in [1.29, 1.82) is 0 Å². The molecule has 118 valence electrons. The monoisotopic (exact) mass is 309 g/mol. The number of rotatable bonds is 4. The minimum absolute atomic E-state index is 0.00598. The second kappa shape index (κ2) is 6.65. The van der Waals surface area contributed by atoms with Crippen molar-refractivity contribution >= 4 is 17.4 Å². The van der Waals surface area contributed by atoms with Crippen LogP contribution in [-0.2, 0) is 4.79 Å². The van der Waals surface area contributed by atoms with Gasteiger partial charge in [0.2, 0.25) is 5.91 Å². The molecule has 0 bridgehead atoms. The molecule has 1 aliphatic rings. The minimum Gasteiger partial charge on any atom is -0.487 e. The Bertz CT molecular complexity index is 712. The Balaban J connectivity index is 1.68. The van der Waals surface area contributed by atoms with Gasteiger partial charge in [0.05, 0.1) is 12.2 Å². The topological polar surface area (TPSA) is 46.6 Å². The highest BCUT2D eigenvalue weighted by Crippen LogP contribution is 2.33. The van der Waals surface area contributed by atoms with Crippen LogP contribution in [-0.4, -0.2) is 24.3 Å². The van der Waals surface area contributed by atoms with Crippen LogP contribution in [0.1, 0.15) is 30.1 Å². The molecule has 4 heteroatoms. The van der Waals surface area contributed by atoms with Crippen molar-refractivity contribution < 1.29 is 14.3 Å². The summed E-state index contributed by atoms with van der Waals surface area (Å²) in [4.78, 5) is 26.4. The third kappa shape index (κ3) is 3.42. The van der Waals surface area contributed by atoms with Gasteiger partial charge < -0.3 is 9.64 Å². The molecule has 0 N–H and O–H groups in total. The van der Waals surface area contributed by atoms with E-state index in [1.165, 1.54) is 0 Å². The number of para-hydroxylation sites is 2. The molecule has 1 atom stereocenters. The van der Waals surface area contributed by atoms with Gasteiger partial charge in [-0.15, -0.1) is 0 Å². The molecule has 1 heterocycles. The summed E-state index contributed by atoms with van der Waals surface area (Å²) in [5, 5.41) is 0. The van der Waals surface area contributed by atoms with Gasteiger partial charge in [-0.3, -0.25) is 9.59 Å². The fourth-order valence-corrected chi connectivity index (χ4v) is 2.75. The van der Waals surface area contributed by atoms with E-state index in [4.69, 9.17) is 4.74 Å². The van der Waals surface area contributed by atoms with Crippen molar-refractivity contribution in [3.63, 3.8) is 0 Å². The van der Waals surface area contributed by atoms with Crippen molar-refractivity contribution in [2.75, 3.05) is 11.4 Å². The van der Waals surface area contributed by atoms with Gasteiger partial charge in [0.25, 0.3) is 0 Å². The molecule has 0 aliphatic carbocycles. The van der Waals surface area contributed by atoms with E-state index in [1.807, 2.05) is 49.4 Å². The zero-order chi connectivity index (χ0) is 16.2. The first-order valence-corrected chi connectivity index (χ1v) is 7.79. The van der Waals surface area contributed by atoms with Crippen LogP contribution < -0.4 is 9.64 Å². The SMILES string of the molecule is CC1CN(C(=O)CCC(=O)c2ccccc2)c2ccccc2O1. The number of hydrogen-bond donors (Lipinski definition) is 0. The second-order valence-electron chi connectivity index (χ2n) is 5.69. The fraction of sp³-hybridized carbons (Fsp3) is 0.263. The van der Waals surface area contributed by atoms with Crippen LogP contribution in [0.2, 0.25) is 0 Å². The molecule has 0 aromatic heterocycles. The highest BCUT2D eigenvalue weighted by atomic mass is 16.5. The summed E-state index contributed by atoms with van der Waals surface area (Å²) in [6, 6.07) is 16.6. The lowest BCUT2D eigenvalue weighted by Crippen LogP contribution is -2.42. The van der Waals surface area contributed by atoms with Crippen LogP contribution in [0.15, 0.2) is 54.6 Å². The molecule has 3 rings (SSSR count). The molecule has 0 saturated carbocycles. The van der Waals surface area contributed by atoms with Crippen LogP contribution in [0.5, 0.6) is 5.75 Å². The molecule has 0 fully saturated rings. The number of fused-ring (bicyclic) bond motifs is 1. The zero-order valence-electron chi connectivity index (χ0n) is 13.1. The van der Waals surface area contributed by atoms with Gasteiger partial charge in [-0.2, -0.15) is 0 Å². The number of ketones is 1. The summed E-state index contributed by atoms with van der Waals surface area (Å²) < 4.78 is 5.75. The van der Waals surface area contributed by atoms with Crippen molar-refractivity contribution in [2.24, 2.45) is 0 Å². The van der Waals surface area contributed by atoms with E-state index in [-0.39, 0.29) is 30.6 Å². The van der Waals surface area contributed by atoms with E-state index in [0.717, 1.165) is 5.69 Å². The second-order valence-corrected chi connectivity index (χ2v) is 5.69. The number of hydrogen-bond acceptors (Lipinski definition) is 3. The van der Waals surface area contributed by atoms with Gasteiger partial charge in [0.15, 0.2) is 5.78 Å². The third-order valence-electron chi connectivity index (χ3n) is 3.89. The number of amides is 1. The van der Waals surface area contributed by atoms with E-state index in [1.54, 1.807) is 17.0 Å². The summed E-state index contributed by atoms with van der Waals surface area (Å²) >= 11 is 0. The molecule has 2 aromatic carbocycles. The lowest BCUT2D eigenvalue weighted by Gasteiger charge is -2.33. The molecule has 1 amide bonds. The number of carbonyl (C=O) groups excluding carboxylic acids is 2. The average molecular weight is 309 g/mol. The molecule has 4 nitrogen and oxygen atoms in total. The molecule has 0 saturated heterocycles. The highest BCUT2D eigenvalue weighted by molar-refractivity contribution is 6.01. The highest BCUT2D eigenvalue weighted by Gasteiger charge is 2.27. The lowest BCUT2D eigenvalue weighted by atomic mass is 10.1. The number of ether oxygens (including phenoxy) is 1. The first-order chi connectivity index (χ1) is 11.1. The summed E-state index contributed by atoms with van der Waals surface area (Å²) in [6.07, 6.45) is 0.365. The summed E-state index contributed by atoms with van der Waals surface area (Å²) in [7, 11) is 0. The summed E-state index contributed by atoms with van der Waals surface area (Å²) in [5.41, 5.74) is 1.43. The van der Waals surface area contributed by atoms with Crippen LogP contribution in [0.25, 0.3) is 0 Å². The first kappa shape index (κ1) is 15.3. The quantitative estimate of drug-likeness (QED) is 0.813. The van der Waals surface area contributed by atoms with E-state index < -0.39 is 0 Å². The van der Waals surface area contributed by atoms with Crippen molar-refractivity contribution in [2.45, 2.75) is 25.9 Å². The number of nitrogens with zero attached hydrogens (tertiary/aromatic N) is 1. The zero-order valence-corrected chi connectivity index (χ0v) is 13.1. The van der Waals surface area contributed by atoms with Crippen molar-refractivity contribution in [1.82, 2.24) is 0 Å². The number of carbonyl (C=O) groups is 2. The maximum absolute atomic E-state index is 12.6. The fourth-order valence-electron chi connectivity index (χ4n) is 2.75. The van der Waals surface area contributed by atoms with Crippen molar-refractivity contribution in [3.8, 4) is 5.75 Å². The Kier molecular flexibility index (Phi) is 4.42. The van der Waals surface area contributed by atoms with Gasteiger partial charge in [0, 0.05) is 18.4 Å². The predicted molar refractivity (Wildman–Crippen MR) is 88.9 cm³/mol. The number of benzene rings is 2. The maximum Gasteiger partial charge on any atom is 0.227 e. The van der Waals surface area contributed by atoms with E-state index in [2.05, 4.69) is 0 Å². The van der Waals surface area contributed by atoms with Crippen LogP contribution >= 0.6 is 0 Å². The summed E-state index contributed by atoms with van der Waals surface area (Å²) in [6.45, 7) is 2.45. The third-order valence-corrected chi connectivity index (χ3v) is 3.89. The number of Topliss-reactive ketones (excluding diaryl/α,β-unsaturated/α-hetero) is 1. The van der Waals surface area contributed by atoms with Gasteiger partial charge in [-0.25, -0.2) is 0 Å². The Hall–Kier alpha value is -2.62. The minimum atomic E-state index is -0.0568. The molecule has 2 aromatic rings. The van der Waals surface area contributed by atoms with E-state index in [0.29, 0.717) is 17.9 Å². The van der Waals surface area contributed by atoms with E-state index >= 15 is 0 Å². The van der Waals surface area contributed by atoms with Crippen LogP contribution in [0, 0.1) is 0 Å². The Morgan fingerprint density at radius 3 is 2.52 bits per heavy atom. The van der Waals surface area contributed by atoms with Gasteiger partial charge >= 0.3 is 0 Å². The normalized spacial score (nSPS) is 16.4. The van der Waals surface area contributed by atoms with Crippen LogP contribution in [0.4, 0.5) is 5.69 Å². The average Bonchev–Trinajstić information content (AvgIpc) is 2.59. The smallest absolute Gasteiger partial charge is 0.227 e. The lowest BCUT2D eigenvalue weighted by molar-refractivity contribution is -0.119. The summed E-state index contributed by atoms with van der Waals surface area (Å²) in [5.74, 6) is 0.666. The van der Waals surface area contributed by atoms with E-state index in [9.17, 15) is 9.59 Å². The molecule has 0 radical (unpaired) electrons. The molecular formula is C19H19NO3. The maximum atomic E-state index is 12.6. The van der Waals surface area contributed by atoms with Gasteiger partial charge in [0.1, 0.15) is 11.9 Å². The Morgan fingerprint density at radius 2 is 1.74 bits per heavy atom. The molecule has 1 unspecified atom stereocenters. The van der Waals surface area contributed by atoms with Gasteiger partial charge in [-0.1, -0.05) is 42.5 Å². The van der Waals surface area contributed by atoms with Crippen molar-refractivity contribution in [3.05, 3.63) is 60.2 Å². The predicted octanol–water partition coefficient (Wildman–Crippen LogP) is 3.46. The number of anilines is 1. The molecule has 23 heavy (non-hydrogen) atoms. The Morgan fingerprint density at radius 1 is 1.04 bits per heavy atom. The Labute approximate surface area is 135 Å². The molecular weight excluding hydrogens is 290 g/mol. The standard InChI is InChI=1S/C19H19NO3/c1-14-13-20(16-9-5-6-10-18(16)23-14)19(22)12-11-17(21)15-7-3-2-4-8-15/h2-10,14H,11-13H2,1H3. The molecule has 0 spiro atoms. The van der Waals surface area contributed by atoms with Gasteiger partial charge in [-0.05, 0) is 19.1 Å². The molecule has 1 aliphatic heterocycles.